The highest BCUT2D eigenvalue weighted by Gasteiger charge is 2.34. The van der Waals surface area contributed by atoms with Gasteiger partial charge in [-0.15, -0.1) is 0 Å². The molecule has 0 bridgehead atoms. The number of benzene rings is 1. The van der Waals surface area contributed by atoms with E-state index >= 15 is 0 Å². The zero-order valence-electron chi connectivity index (χ0n) is 16.6. The maximum Gasteiger partial charge on any atom is 0.308 e. The Balaban J connectivity index is 1.60. The molecular weight excluding hydrogens is 474 g/mol. The largest absolute Gasteiger partial charge is 0.463 e. The third kappa shape index (κ3) is 5.77. The summed E-state index contributed by atoms with van der Waals surface area (Å²) in [7, 11) is 0. The monoisotopic (exact) mass is 497 g/mol. The average Bonchev–Trinajstić information content (AvgIpc) is 3.23. The summed E-state index contributed by atoms with van der Waals surface area (Å²) < 4.78 is 11.5. The van der Waals surface area contributed by atoms with Crippen LogP contribution in [0.15, 0.2) is 22.7 Å². The number of esters is 1. The molecule has 0 unspecified atom stereocenters. The van der Waals surface area contributed by atoms with Gasteiger partial charge in [0.2, 0.25) is 5.91 Å². The third-order valence-corrected chi connectivity index (χ3v) is 6.25. The number of carbonyl (C=O) groups excluding carboxylic acids is 3. The van der Waals surface area contributed by atoms with Gasteiger partial charge in [-0.2, -0.15) is 0 Å². The number of nitrogens with one attached hydrogen (secondary N) is 2. The lowest BCUT2D eigenvalue weighted by Gasteiger charge is -2.36. The van der Waals surface area contributed by atoms with Crippen LogP contribution >= 0.6 is 28.1 Å². The fourth-order valence-electron chi connectivity index (χ4n) is 3.31. The maximum absolute atomic E-state index is 12.6. The average molecular weight is 498 g/mol. The molecule has 1 aromatic rings. The highest BCUT2D eigenvalue weighted by Crippen LogP contribution is 2.18. The number of hydrogen-bond donors (Lipinski definition) is 2. The lowest BCUT2D eigenvalue weighted by molar-refractivity contribution is -0.150. The first-order chi connectivity index (χ1) is 14.3. The van der Waals surface area contributed by atoms with Gasteiger partial charge in [0.05, 0.1) is 12.5 Å². The van der Waals surface area contributed by atoms with Gasteiger partial charge in [-0.05, 0) is 49.7 Å². The quantitative estimate of drug-likeness (QED) is 0.471. The first kappa shape index (κ1) is 22.6. The van der Waals surface area contributed by atoms with Crippen molar-refractivity contribution >= 4 is 51.0 Å². The molecule has 3 rings (SSSR count). The summed E-state index contributed by atoms with van der Waals surface area (Å²) in [6.45, 7) is 3.52. The van der Waals surface area contributed by atoms with Crippen LogP contribution in [0, 0.1) is 6.92 Å². The molecule has 1 aromatic carbocycles. The van der Waals surface area contributed by atoms with Crippen molar-refractivity contribution in [3.05, 3.63) is 33.8 Å². The van der Waals surface area contributed by atoms with Crippen LogP contribution in [0.25, 0.3) is 0 Å². The molecule has 2 atom stereocenters. The molecular formula is C20H24BrN3O5S. The van der Waals surface area contributed by atoms with Crippen molar-refractivity contribution < 1.29 is 23.9 Å². The van der Waals surface area contributed by atoms with Gasteiger partial charge in [-0.1, -0.05) is 22.0 Å². The topological polar surface area (TPSA) is 97.0 Å². The second-order valence-corrected chi connectivity index (χ2v) is 8.49. The number of rotatable bonds is 5. The predicted octanol–water partition coefficient (Wildman–Crippen LogP) is 1.68. The van der Waals surface area contributed by atoms with E-state index in [-0.39, 0.29) is 36.1 Å². The van der Waals surface area contributed by atoms with Gasteiger partial charge < -0.3 is 19.7 Å². The molecule has 2 saturated heterocycles. The molecule has 30 heavy (non-hydrogen) atoms. The molecule has 0 radical (unpaired) electrons. The van der Waals surface area contributed by atoms with Gasteiger partial charge in [0.25, 0.3) is 5.91 Å². The van der Waals surface area contributed by atoms with Crippen LogP contribution in [0.4, 0.5) is 0 Å². The second-order valence-electron chi connectivity index (χ2n) is 7.25. The van der Waals surface area contributed by atoms with Crippen LogP contribution in [-0.4, -0.2) is 66.2 Å². The number of thiocarbonyl (C=S) groups is 1. The minimum atomic E-state index is -0.840. The van der Waals surface area contributed by atoms with Crippen LogP contribution in [0.5, 0.6) is 0 Å². The fourth-order valence-corrected chi connectivity index (χ4v) is 4.00. The summed E-state index contributed by atoms with van der Waals surface area (Å²) in [4.78, 5) is 38.8. The Labute approximate surface area is 188 Å². The lowest BCUT2D eigenvalue weighted by Crippen LogP contribution is -2.60. The van der Waals surface area contributed by atoms with Gasteiger partial charge >= 0.3 is 5.97 Å². The number of ether oxygens (including phenoxy) is 2. The smallest absolute Gasteiger partial charge is 0.308 e. The Hall–Kier alpha value is -2.04. The van der Waals surface area contributed by atoms with Crippen molar-refractivity contribution in [1.29, 1.82) is 0 Å². The van der Waals surface area contributed by atoms with E-state index in [1.54, 1.807) is 17.0 Å². The number of halogens is 1. The summed E-state index contributed by atoms with van der Waals surface area (Å²) in [6.07, 6.45) is 1.56. The van der Waals surface area contributed by atoms with Crippen LogP contribution < -0.4 is 10.6 Å². The maximum atomic E-state index is 12.6. The number of nitrogens with zero attached hydrogens (tertiary/aromatic N) is 1. The van der Waals surface area contributed by atoms with Gasteiger partial charge in [-0.25, -0.2) is 0 Å². The Morgan fingerprint density at radius 2 is 2.23 bits per heavy atom. The fraction of sp³-hybridized carbons (Fsp3) is 0.500. The van der Waals surface area contributed by atoms with Gasteiger partial charge in [0.1, 0.15) is 12.6 Å². The number of amides is 2. The van der Waals surface area contributed by atoms with Crippen molar-refractivity contribution in [1.82, 2.24) is 15.5 Å². The van der Waals surface area contributed by atoms with Crippen LogP contribution in [-0.2, 0) is 19.1 Å². The minimum absolute atomic E-state index is 0.0839. The van der Waals surface area contributed by atoms with Crippen molar-refractivity contribution in [3.8, 4) is 0 Å². The highest BCUT2D eigenvalue weighted by atomic mass is 79.9. The molecule has 2 fully saturated rings. The summed E-state index contributed by atoms with van der Waals surface area (Å²) >= 11 is 8.78. The molecule has 2 amide bonds. The zero-order valence-corrected chi connectivity index (χ0v) is 19.0. The van der Waals surface area contributed by atoms with E-state index < -0.39 is 12.0 Å². The number of aryl methyl sites for hydroxylation is 1. The van der Waals surface area contributed by atoms with Gasteiger partial charge in [-0.3, -0.25) is 19.7 Å². The Morgan fingerprint density at radius 1 is 1.43 bits per heavy atom. The first-order valence-electron chi connectivity index (χ1n) is 9.78. The Bertz CT molecular complexity index is 844. The van der Waals surface area contributed by atoms with E-state index in [9.17, 15) is 14.4 Å². The van der Waals surface area contributed by atoms with Crippen LogP contribution in [0.2, 0.25) is 0 Å². The molecule has 0 spiro atoms. The molecule has 2 heterocycles. The van der Waals surface area contributed by atoms with Gasteiger partial charge in [0.15, 0.2) is 5.11 Å². The minimum Gasteiger partial charge on any atom is -0.463 e. The summed E-state index contributed by atoms with van der Waals surface area (Å²) in [6, 6.07) is 4.38. The molecule has 0 aromatic heterocycles. The molecule has 10 heteroatoms. The molecule has 0 aliphatic carbocycles. The van der Waals surface area contributed by atoms with E-state index in [0.29, 0.717) is 25.3 Å². The normalized spacial score (nSPS) is 21.1. The third-order valence-electron chi connectivity index (χ3n) is 5.06. The highest BCUT2D eigenvalue weighted by molar-refractivity contribution is 9.10. The second kappa shape index (κ2) is 10.3. The van der Waals surface area contributed by atoms with E-state index in [4.69, 9.17) is 21.7 Å². The molecule has 0 saturated carbocycles. The standard InChI is InChI=1S/C20H24BrN3O5S/c1-12-4-5-13(9-15(12)21)18(26)23-20(30)24-7-6-22-19(27)16(24)10-17(25)29-11-14-3-2-8-28-14/h4-5,9,14,16H,2-3,6-8,10-11H2,1H3,(H,22,27)(H,23,26,30)/t14-,16+/m0/s1. The predicted molar refractivity (Wildman–Crippen MR) is 117 cm³/mol. The Kier molecular flexibility index (Phi) is 7.79. The van der Waals surface area contributed by atoms with E-state index in [1.807, 2.05) is 13.0 Å². The summed E-state index contributed by atoms with van der Waals surface area (Å²) in [5.74, 6) is -1.22. The lowest BCUT2D eigenvalue weighted by atomic mass is 10.1. The zero-order chi connectivity index (χ0) is 21.7. The van der Waals surface area contributed by atoms with E-state index in [0.717, 1.165) is 22.9 Å². The van der Waals surface area contributed by atoms with Crippen molar-refractivity contribution in [3.63, 3.8) is 0 Å². The number of hydrogen-bond acceptors (Lipinski definition) is 6. The SMILES string of the molecule is Cc1ccc(C(=O)NC(=S)N2CCNC(=O)[C@H]2CC(=O)OC[C@@H]2CCCO2)cc1Br. The summed E-state index contributed by atoms with van der Waals surface area (Å²) in [5, 5.41) is 5.49. The van der Waals surface area contributed by atoms with E-state index in [1.165, 1.54) is 0 Å². The van der Waals surface area contributed by atoms with Crippen molar-refractivity contribution in [2.45, 2.75) is 38.3 Å². The van der Waals surface area contributed by atoms with Crippen LogP contribution in [0.3, 0.4) is 0 Å². The summed E-state index contributed by atoms with van der Waals surface area (Å²) in [5.41, 5.74) is 1.44. The Morgan fingerprint density at radius 3 is 2.93 bits per heavy atom. The molecule has 162 valence electrons. The van der Waals surface area contributed by atoms with E-state index in [2.05, 4.69) is 26.6 Å². The molecule has 2 N–H and O–H groups in total. The molecule has 8 nitrogen and oxygen atoms in total. The van der Waals surface area contributed by atoms with Crippen molar-refractivity contribution in [2.75, 3.05) is 26.3 Å². The molecule has 2 aliphatic rings. The van der Waals surface area contributed by atoms with Gasteiger partial charge in [0, 0.05) is 29.7 Å². The number of piperazine rings is 1. The van der Waals surface area contributed by atoms with Crippen molar-refractivity contribution in [2.24, 2.45) is 0 Å². The number of carbonyl (C=O) groups is 3. The molecule has 2 aliphatic heterocycles. The first-order valence-corrected chi connectivity index (χ1v) is 11.0. The van der Waals surface area contributed by atoms with Crippen LogP contribution in [0.1, 0.15) is 35.2 Å².